The van der Waals surface area contributed by atoms with Gasteiger partial charge in [-0.3, -0.25) is 9.36 Å². The fraction of sp³-hybridized carbons (Fsp3) is 0.500. The van der Waals surface area contributed by atoms with Gasteiger partial charge < -0.3 is 10.3 Å². The topological polar surface area (TPSA) is 66.9 Å². The number of H-pyrrole nitrogens is 1. The molecule has 2 N–H and O–H groups in total. The second-order valence-electron chi connectivity index (χ2n) is 6.79. The van der Waals surface area contributed by atoms with Gasteiger partial charge in [-0.15, -0.1) is 0 Å². The molecule has 1 heterocycles. The van der Waals surface area contributed by atoms with Crippen molar-refractivity contribution in [1.82, 2.24) is 14.9 Å². The summed E-state index contributed by atoms with van der Waals surface area (Å²) in [5.74, 6) is -0.543. The van der Waals surface area contributed by atoms with E-state index in [9.17, 15) is 22.8 Å². The SMILES string of the molecule is O=C(NC1(CC(F)(F)F)CC1)c1ccc2c(c1)[nH]c(=O)n2C1CC1. The van der Waals surface area contributed by atoms with Crippen LogP contribution in [0.25, 0.3) is 11.0 Å². The van der Waals surface area contributed by atoms with E-state index in [-0.39, 0.29) is 17.3 Å². The number of benzene rings is 1. The van der Waals surface area contributed by atoms with Gasteiger partial charge in [0.2, 0.25) is 0 Å². The molecule has 1 aromatic heterocycles. The van der Waals surface area contributed by atoms with Gasteiger partial charge in [0.05, 0.1) is 17.5 Å². The monoisotopic (exact) mass is 339 g/mol. The van der Waals surface area contributed by atoms with E-state index in [4.69, 9.17) is 0 Å². The molecule has 0 atom stereocenters. The third-order valence-corrected chi connectivity index (χ3v) is 4.66. The third kappa shape index (κ3) is 2.81. The number of carbonyl (C=O) groups is 1. The summed E-state index contributed by atoms with van der Waals surface area (Å²) in [6.45, 7) is 0. The van der Waals surface area contributed by atoms with Gasteiger partial charge >= 0.3 is 11.9 Å². The molecule has 4 rings (SSSR count). The van der Waals surface area contributed by atoms with Crippen molar-refractivity contribution in [3.63, 3.8) is 0 Å². The normalized spacial score (nSPS) is 19.5. The molecule has 24 heavy (non-hydrogen) atoms. The van der Waals surface area contributed by atoms with Crippen molar-refractivity contribution in [3.05, 3.63) is 34.2 Å². The fourth-order valence-corrected chi connectivity index (χ4v) is 3.16. The number of rotatable bonds is 4. The summed E-state index contributed by atoms with van der Waals surface area (Å²) < 4.78 is 39.4. The molecular weight excluding hydrogens is 323 g/mol. The molecule has 2 fully saturated rings. The number of alkyl halides is 3. The molecule has 0 spiro atoms. The zero-order valence-electron chi connectivity index (χ0n) is 12.7. The molecule has 0 unspecified atom stereocenters. The number of imidazole rings is 1. The van der Waals surface area contributed by atoms with Crippen molar-refractivity contribution in [2.75, 3.05) is 0 Å². The van der Waals surface area contributed by atoms with E-state index in [0.717, 1.165) is 18.4 Å². The van der Waals surface area contributed by atoms with Gasteiger partial charge in [0.25, 0.3) is 5.91 Å². The Morgan fingerprint density at radius 3 is 2.62 bits per heavy atom. The molecule has 8 heteroatoms. The van der Waals surface area contributed by atoms with Crippen LogP contribution in [-0.4, -0.2) is 27.2 Å². The minimum Gasteiger partial charge on any atom is -0.346 e. The number of fused-ring (bicyclic) bond motifs is 1. The molecule has 0 radical (unpaired) electrons. The van der Waals surface area contributed by atoms with E-state index in [1.807, 2.05) is 0 Å². The van der Waals surface area contributed by atoms with E-state index in [2.05, 4.69) is 10.3 Å². The first kappa shape index (κ1) is 15.3. The summed E-state index contributed by atoms with van der Waals surface area (Å²) in [7, 11) is 0. The van der Waals surface area contributed by atoms with E-state index in [1.54, 1.807) is 16.7 Å². The Kier molecular flexibility index (Phi) is 3.10. The van der Waals surface area contributed by atoms with Crippen LogP contribution < -0.4 is 11.0 Å². The average molecular weight is 339 g/mol. The summed E-state index contributed by atoms with van der Waals surface area (Å²) >= 11 is 0. The van der Waals surface area contributed by atoms with Crippen LogP contribution in [0, 0.1) is 0 Å². The van der Waals surface area contributed by atoms with Crippen molar-refractivity contribution >= 4 is 16.9 Å². The molecule has 2 aromatic rings. The first-order valence-electron chi connectivity index (χ1n) is 7.90. The van der Waals surface area contributed by atoms with Crippen molar-refractivity contribution in [1.29, 1.82) is 0 Å². The van der Waals surface area contributed by atoms with Crippen LogP contribution in [-0.2, 0) is 0 Å². The van der Waals surface area contributed by atoms with Gasteiger partial charge in [-0.25, -0.2) is 4.79 Å². The van der Waals surface area contributed by atoms with E-state index >= 15 is 0 Å². The number of nitrogens with zero attached hydrogens (tertiary/aromatic N) is 1. The lowest BCUT2D eigenvalue weighted by molar-refractivity contribution is -0.141. The molecule has 0 saturated heterocycles. The number of aromatic amines is 1. The highest BCUT2D eigenvalue weighted by Crippen LogP contribution is 2.44. The first-order chi connectivity index (χ1) is 11.3. The van der Waals surface area contributed by atoms with Gasteiger partial charge in [-0.1, -0.05) is 0 Å². The van der Waals surface area contributed by atoms with Crippen LogP contribution in [0.3, 0.4) is 0 Å². The van der Waals surface area contributed by atoms with E-state index in [1.165, 1.54) is 6.07 Å². The maximum absolute atomic E-state index is 12.6. The van der Waals surface area contributed by atoms with Crippen LogP contribution in [0.2, 0.25) is 0 Å². The lowest BCUT2D eigenvalue weighted by atomic mass is 10.1. The maximum Gasteiger partial charge on any atom is 0.391 e. The second kappa shape index (κ2) is 4.87. The minimum atomic E-state index is -4.31. The number of hydrogen-bond donors (Lipinski definition) is 2. The fourth-order valence-electron chi connectivity index (χ4n) is 3.16. The van der Waals surface area contributed by atoms with Crippen LogP contribution >= 0.6 is 0 Å². The number of amides is 1. The average Bonchev–Trinajstić information content (AvgIpc) is 3.38. The Balaban J connectivity index is 1.58. The Bertz CT molecular complexity index is 873. The summed E-state index contributed by atoms with van der Waals surface area (Å²) in [6.07, 6.45) is -2.75. The zero-order chi connectivity index (χ0) is 17.1. The highest BCUT2D eigenvalue weighted by atomic mass is 19.4. The van der Waals surface area contributed by atoms with Crippen LogP contribution in [0.4, 0.5) is 13.2 Å². The molecule has 5 nitrogen and oxygen atoms in total. The minimum absolute atomic E-state index is 0.201. The molecule has 2 saturated carbocycles. The Morgan fingerprint density at radius 2 is 2.04 bits per heavy atom. The van der Waals surface area contributed by atoms with E-state index < -0.39 is 24.0 Å². The Morgan fingerprint density at radius 1 is 1.33 bits per heavy atom. The van der Waals surface area contributed by atoms with E-state index in [0.29, 0.717) is 18.4 Å². The van der Waals surface area contributed by atoms with Crippen molar-refractivity contribution in [2.24, 2.45) is 0 Å². The van der Waals surface area contributed by atoms with Gasteiger partial charge in [-0.05, 0) is 43.9 Å². The van der Waals surface area contributed by atoms with Gasteiger partial charge in [-0.2, -0.15) is 13.2 Å². The molecule has 128 valence electrons. The highest BCUT2D eigenvalue weighted by molar-refractivity contribution is 5.98. The number of nitrogens with one attached hydrogen (secondary N) is 2. The second-order valence-corrected chi connectivity index (χ2v) is 6.79. The third-order valence-electron chi connectivity index (χ3n) is 4.66. The van der Waals surface area contributed by atoms with Crippen molar-refractivity contribution in [2.45, 2.75) is 49.9 Å². The predicted octanol–water partition coefficient (Wildman–Crippen LogP) is 2.88. The molecule has 0 bridgehead atoms. The smallest absolute Gasteiger partial charge is 0.346 e. The number of hydrogen-bond acceptors (Lipinski definition) is 2. The largest absolute Gasteiger partial charge is 0.391 e. The summed E-state index contributed by atoms with van der Waals surface area (Å²) in [6, 6.07) is 4.94. The summed E-state index contributed by atoms with van der Waals surface area (Å²) in [5.41, 5.74) is 0.106. The molecule has 0 aliphatic heterocycles. The number of carbonyl (C=O) groups excluding carboxylic acids is 1. The molecule has 2 aliphatic rings. The predicted molar refractivity (Wildman–Crippen MR) is 80.9 cm³/mol. The maximum atomic E-state index is 12.6. The highest BCUT2D eigenvalue weighted by Gasteiger charge is 2.51. The molecule has 1 aromatic carbocycles. The Hall–Kier alpha value is -2.25. The Labute approximate surface area is 134 Å². The lowest BCUT2D eigenvalue weighted by Gasteiger charge is -2.19. The van der Waals surface area contributed by atoms with Crippen molar-refractivity contribution < 1.29 is 18.0 Å². The van der Waals surface area contributed by atoms with Crippen molar-refractivity contribution in [3.8, 4) is 0 Å². The quantitative estimate of drug-likeness (QED) is 0.899. The lowest BCUT2D eigenvalue weighted by Crippen LogP contribution is -2.40. The summed E-state index contributed by atoms with van der Waals surface area (Å²) in [4.78, 5) is 27.0. The molecule has 1 amide bonds. The van der Waals surface area contributed by atoms with Crippen LogP contribution in [0.1, 0.15) is 48.5 Å². The molecule has 2 aliphatic carbocycles. The molecular formula is C16H16F3N3O2. The van der Waals surface area contributed by atoms with Crippen LogP contribution in [0.15, 0.2) is 23.0 Å². The van der Waals surface area contributed by atoms with Gasteiger partial charge in [0.1, 0.15) is 0 Å². The number of halogens is 3. The zero-order valence-corrected chi connectivity index (χ0v) is 12.7. The standard InChI is InChI=1S/C16H16F3N3O2/c17-16(18,19)8-15(5-6-15)21-13(23)9-1-4-12-11(7-9)20-14(24)22(12)10-2-3-10/h1,4,7,10H,2-3,5-6,8H2,(H,20,24)(H,21,23). The summed E-state index contributed by atoms with van der Waals surface area (Å²) in [5, 5.41) is 2.50. The van der Waals surface area contributed by atoms with Gasteiger partial charge in [0, 0.05) is 17.1 Å². The van der Waals surface area contributed by atoms with Gasteiger partial charge in [0.15, 0.2) is 0 Å². The number of aromatic nitrogens is 2. The van der Waals surface area contributed by atoms with Crippen LogP contribution in [0.5, 0.6) is 0 Å². The first-order valence-corrected chi connectivity index (χ1v) is 7.90.